The molecule has 0 spiro atoms. The minimum Gasteiger partial charge on any atom is -0.309 e. The van der Waals surface area contributed by atoms with E-state index in [1.165, 1.54) is 0 Å². The molecule has 9 heteroatoms. The van der Waals surface area contributed by atoms with Gasteiger partial charge in [-0.05, 0) is 55.0 Å². The Labute approximate surface area is 344 Å². The topological polar surface area (TPSA) is 95.2 Å². The standard InChI is InChI=1S/C50H34N8S/c1-3-4-7-18-32(2)44-52-47(57-49(53-44)50-51-39-25-14-17-28-43(39)59-50)35-29-30-42(58-40-26-15-12-23-36(40)37-24-13-16-27-41(37)58)38(31-35)48-55-45(33-19-8-5-9-20-33)54-46(56-48)34-21-10-6-11-22-34/h3-31H,1H2,2H3/b7-4-,32-18+. The Morgan fingerprint density at radius 1 is 0.525 bits per heavy atom. The molecule has 8 nitrogen and oxygen atoms in total. The van der Waals surface area contributed by atoms with Gasteiger partial charge in [0.15, 0.2) is 40.0 Å². The zero-order valence-electron chi connectivity index (χ0n) is 31.9. The highest BCUT2D eigenvalue weighted by atomic mass is 32.1. The second-order valence-corrected chi connectivity index (χ2v) is 14.9. The Kier molecular flexibility index (Phi) is 9.25. The largest absolute Gasteiger partial charge is 0.309 e. The van der Waals surface area contributed by atoms with Crippen molar-refractivity contribution < 1.29 is 0 Å². The van der Waals surface area contributed by atoms with Gasteiger partial charge in [0.05, 0.1) is 26.9 Å². The van der Waals surface area contributed by atoms with Crippen LogP contribution in [0.2, 0.25) is 0 Å². The van der Waals surface area contributed by atoms with E-state index >= 15 is 0 Å². The van der Waals surface area contributed by atoms with Crippen molar-refractivity contribution in [1.82, 2.24) is 39.5 Å². The molecule has 280 valence electrons. The first-order chi connectivity index (χ1) is 29.1. The van der Waals surface area contributed by atoms with Crippen molar-refractivity contribution in [2.24, 2.45) is 0 Å². The van der Waals surface area contributed by atoms with Crippen LogP contribution >= 0.6 is 11.3 Å². The molecule has 0 bridgehead atoms. The maximum atomic E-state index is 5.22. The van der Waals surface area contributed by atoms with Crippen LogP contribution in [0.1, 0.15) is 12.7 Å². The van der Waals surface area contributed by atoms with Crippen LogP contribution in [0.25, 0.3) is 99.7 Å². The predicted molar refractivity (Wildman–Crippen MR) is 241 cm³/mol. The van der Waals surface area contributed by atoms with E-state index in [0.717, 1.165) is 65.5 Å². The zero-order chi connectivity index (χ0) is 39.7. The van der Waals surface area contributed by atoms with Gasteiger partial charge in [-0.25, -0.2) is 34.9 Å². The highest BCUT2D eigenvalue weighted by Crippen LogP contribution is 2.38. The maximum absolute atomic E-state index is 5.22. The summed E-state index contributed by atoms with van der Waals surface area (Å²) in [6.45, 7) is 5.81. The van der Waals surface area contributed by atoms with Crippen molar-refractivity contribution in [3.05, 3.63) is 188 Å². The third kappa shape index (κ3) is 6.79. The number of benzene rings is 6. The highest BCUT2D eigenvalue weighted by molar-refractivity contribution is 7.21. The summed E-state index contributed by atoms with van der Waals surface area (Å²) in [5.41, 5.74) is 8.14. The fourth-order valence-corrected chi connectivity index (χ4v) is 8.16. The summed E-state index contributed by atoms with van der Waals surface area (Å²) in [7, 11) is 0. The van der Waals surface area contributed by atoms with Gasteiger partial charge in [0.25, 0.3) is 0 Å². The lowest BCUT2D eigenvalue weighted by molar-refractivity contribution is 1.03. The Balaban J connectivity index is 1.25. The van der Waals surface area contributed by atoms with E-state index in [1.54, 1.807) is 17.4 Å². The lowest BCUT2D eigenvalue weighted by atomic mass is 10.1. The summed E-state index contributed by atoms with van der Waals surface area (Å²) in [5, 5.41) is 3.02. The summed E-state index contributed by atoms with van der Waals surface area (Å²) < 4.78 is 3.35. The smallest absolute Gasteiger partial charge is 0.192 e. The number of aromatic nitrogens is 8. The van der Waals surface area contributed by atoms with Gasteiger partial charge in [0.1, 0.15) is 0 Å². The van der Waals surface area contributed by atoms with Gasteiger partial charge in [-0.3, -0.25) is 0 Å². The molecule has 0 fully saturated rings. The molecular weight excluding hydrogens is 745 g/mol. The first-order valence-electron chi connectivity index (χ1n) is 19.2. The molecule has 6 aromatic carbocycles. The van der Waals surface area contributed by atoms with Crippen LogP contribution in [-0.4, -0.2) is 39.5 Å². The monoisotopic (exact) mass is 778 g/mol. The number of thiazole rings is 1. The van der Waals surface area contributed by atoms with E-state index in [9.17, 15) is 0 Å². The summed E-state index contributed by atoms with van der Waals surface area (Å²) in [6, 6.07) is 51.4. The van der Waals surface area contributed by atoms with E-state index in [1.807, 2.05) is 104 Å². The number of allylic oxidation sites excluding steroid dienone is 5. The van der Waals surface area contributed by atoms with Crippen LogP contribution in [0.4, 0.5) is 0 Å². The molecule has 0 aliphatic rings. The predicted octanol–water partition coefficient (Wildman–Crippen LogP) is 12.2. The number of nitrogens with zero attached hydrogens (tertiary/aromatic N) is 8. The molecule has 4 heterocycles. The fourth-order valence-electron chi connectivity index (χ4n) is 7.26. The zero-order valence-corrected chi connectivity index (χ0v) is 32.8. The van der Waals surface area contributed by atoms with Gasteiger partial charge in [-0.15, -0.1) is 11.3 Å². The van der Waals surface area contributed by atoms with Gasteiger partial charge in [-0.2, -0.15) is 0 Å². The molecule has 0 aliphatic carbocycles. The van der Waals surface area contributed by atoms with E-state index in [0.29, 0.717) is 40.0 Å². The summed E-state index contributed by atoms with van der Waals surface area (Å²) in [6.07, 6.45) is 7.52. The molecule has 0 N–H and O–H groups in total. The lowest BCUT2D eigenvalue weighted by Crippen LogP contribution is -2.05. The fraction of sp³-hybridized carbons (Fsp3) is 0.0200. The number of rotatable bonds is 9. The normalized spacial score (nSPS) is 11.9. The van der Waals surface area contributed by atoms with Crippen LogP contribution in [0.3, 0.4) is 0 Å². The van der Waals surface area contributed by atoms with Crippen molar-refractivity contribution in [2.75, 3.05) is 0 Å². The van der Waals surface area contributed by atoms with Crippen molar-refractivity contribution in [3.8, 4) is 62.1 Å². The van der Waals surface area contributed by atoms with Crippen LogP contribution in [0.5, 0.6) is 0 Å². The third-order valence-corrected chi connectivity index (χ3v) is 11.1. The molecule has 0 atom stereocenters. The molecule has 0 radical (unpaired) electrons. The van der Waals surface area contributed by atoms with Crippen LogP contribution < -0.4 is 0 Å². The minimum atomic E-state index is 0.498. The Bertz CT molecular complexity index is 3110. The first kappa shape index (κ1) is 35.6. The molecule has 4 aromatic heterocycles. The molecule has 0 amide bonds. The third-order valence-electron chi connectivity index (χ3n) is 10.1. The van der Waals surface area contributed by atoms with Crippen molar-refractivity contribution in [1.29, 1.82) is 0 Å². The number of para-hydroxylation sites is 3. The molecule has 0 saturated heterocycles. The Morgan fingerprint density at radius 2 is 1.08 bits per heavy atom. The molecule has 0 aliphatic heterocycles. The number of hydrogen-bond acceptors (Lipinski definition) is 8. The SMILES string of the molecule is C=C/C=C\C=C(/C)c1nc(-c2ccc(-n3c4ccccc4c4ccccc43)c(-c3nc(-c4ccccc4)nc(-c4ccccc4)n3)c2)nc(-c2nc3ccccc3s2)n1. The second-order valence-electron chi connectivity index (χ2n) is 13.9. The molecule has 0 unspecified atom stereocenters. The minimum absolute atomic E-state index is 0.498. The van der Waals surface area contributed by atoms with Crippen molar-refractivity contribution in [3.63, 3.8) is 0 Å². The molecule has 0 saturated carbocycles. The van der Waals surface area contributed by atoms with Crippen LogP contribution in [-0.2, 0) is 0 Å². The maximum Gasteiger partial charge on any atom is 0.192 e. The summed E-state index contributed by atoms with van der Waals surface area (Å²) in [5.74, 6) is 3.20. The molecular formula is C50H34N8S. The van der Waals surface area contributed by atoms with Gasteiger partial charge in [0, 0.05) is 33.0 Å². The lowest BCUT2D eigenvalue weighted by Gasteiger charge is -2.16. The van der Waals surface area contributed by atoms with E-state index < -0.39 is 0 Å². The summed E-state index contributed by atoms with van der Waals surface area (Å²) >= 11 is 1.56. The van der Waals surface area contributed by atoms with Gasteiger partial charge >= 0.3 is 0 Å². The molecule has 59 heavy (non-hydrogen) atoms. The van der Waals surface area contributed by atoms with Gasteiger partial charge in [-0.1, -0.05) is 140 Å². The van der Waals surface area contributed by atoms with Crippen LogP contribution in [0.15, 0.2) is 183 Å². The van der Waals surface area contributed by atoms with Crippen molar-refractivity contribution in [2.45, 2.75) is 6.92 Å². The van der Waals surface area contributed by atoms with Crippen LogP contribution in [0, 0.1) is 0 Å². The Morgan fingerprint density at radius 3 is 1.75 bits per heavy atom. The first-order valence-corrected chi connectivity index (χ1v) is 20.0. The van der Waals surface area contributed by atoms with E-state index in [2.05, 4.69) is 83.9 Å². The van der Waals surface area contributed by atoms with E-state index in [-0.39, 0.29) is 0 Å². The van der Waals surface area contributed by atoms with Crippen molar-refractivity contribution >= 4 is 48.9 Å². The second kappa shape index (κ2) is 15.3. The molecule has 10 aromatic rings. The summed E-state index contributed by atoms with van der Waals surface area (Å²) in [4.78, 5) is 35.5. The average Bonchev–Trinajstić information content (AvgIpc) is 3.89. The molecule has 10 rings (SSSR count). The quantitative estimate of drug-likeness (QED) is 0.135. The number of fused-ring (bicyclic) bond motifs is 4. The van der Waals surface area contributed by atoms with Gasteiger partial charge in [0.2, 0.25) is 0 Å². The number of hydrogen-bond donors (Lipinski definition) is 0. The van der Waals surface area contributed by atoms with Gasteiger partial charge < -0.3 is 4.57 Å². The Hall–Kier alpha value is -7.75. The van der Waals surface area contributed by atoms with E-state index in [4.69, 9.17) is 34.9 Å². The average molecular weight is 779 g/mol. The highest BCUT2D eigenvalue weighted by Gasteiger charge is 2.22.